The number of carbonyl (C=O) groups is 2. The minimum Gasteiger partial charge on any atom is -0.464 e. The van der Waals surface area contributed by atoms with Gasteiger partial charge >= 0.3 is 11.9 Å². The van der Waals surface area contributed by atoms with E-state index < -0.39 is 36.6 Å². The molecule has 0 unspecified atom stereocenters. The highest BCUT2D eigenvalue weighted by Gasteiger charge is 2.54. The van der Waals surface area contributed by atoms with Crippen molar-refractivity contribution >= 4 is 36.4 Å². The number of nitrogens with zero attached hydrogens (tertiary/aromatic N) is 4. The van der Waals surface area contributed by atoms with Crippen molar-refractivity contribution in [3.05, 3.63) is 12.7 Å². The monoisotopic (exact) mass is 753 g/mol. The molecule has 53 heavy (non-hydrogen) atoms. The van der Waals surface area contributed by atoms with E-state index in [1.54, 1.807) is 38.6 Å². The fraction of sp³-hybridized carbons (Fsp3) is 0.821. The number of ether oxygens (including phenoxy) is 3. The third kappa shape index (κ3) is 7.66. The van der Waals surface area contributed by atoms with Gasteiger partial charge in [-0.3, -0.25) is 14.2 Å². The van der Waals surface area contributed by atoms with Crippen molar-refractivity contribution in [2.75, 3.05) is 25.3 Å². The topological polar surface area (TPSA) is 173 Å². The number of rotatable bonds is 15. The normalized spacial score (nSPS) is 34.7. The van der Waals surface area contributed by atoms with E-state index in [0.717, 1.165) is 74.0 Å². The summed E-state index contributed by atoms with van der Waals surface area (Å²) in [6.07, 6.45) is 16.9. The van der Waals surface area contributed by atoms with Crippen LogP contribution in [0.3, 0.4) is 0 Å². The number of nitrogens with one attached hydrogen (secondary N) is 2. The molecule has 0 aliphatic heterocycles. The molecule has 8 aliphatic carbocycles. The molecule has 1 atom stereocenters. The van der Waals surface area contributed by atoms with E-state index in [0.29, 0.717) is 30.9 Å². The molecule has 4 N–H and O–H groups in total. The summed E-state index contributed by atoms with van der Waals surface area (Å²) >= 11 is 0. The number of anilines is 1. The van der Waals surface area contributed by atoms with Gasteiger partial charge in [0, 0.05) is 10.8 Å². The maximum atomic E-state index is 15.1. The lowest BCUT2D eigenvalue weighted by atomic mass is 9.50. The van der Waals surface area contributed by atoms with E-state index in [9.17, 15) is 9.59 Å². The zero-order valence-corrected chi connectivity index (χ0v) is 33.2. The summed E-state index contributed by atoms with van der Waals surface area (Å²) in [5.41, 5.74) is 4.47. The molecule has 292 valence electrons. The van der Waals surface area contributed by atoms with Gasteiger partial charge < -0.3 is 24.5 Å². The van der Waals surface area contributed by atoms with Crippen molar-refractivity contribution in [2.24, 2.45) is 46.3 Å². The van der Waals surface area contributed by atoms with Gasteiger partial charge in [-0.2, -0.15) is 0 Å². The van der Waals surface area contributed by atoms with Crippen molar-refractivity contribution in [3.63, 3.8) is 0 Å². The summed E-state index contributed by atoms with van der Waals surface area (Å²) in [6, 6.07) is 0. The average Bonchev–Trinajstić information content (AvgIpc) is 3.47. The van der Waals surface area contributed by atoms with Gasteiger partial charge in [0.25, 0.3) is 0 Å². The summed E-state index contributed by atoms with van der Waals surface area (Å²) in [6.45, 7) is 9.73. The number of hydrogen-bond donors (Lipinski definition) is 3. The van der Waals surface area contributed by atoms with Crippen molar-refractivity contribution in [1.82, 2.24) is 29.7 Å². The lowest BCUT2D eigenvalue weighted by Gasteiger charge is -2.56. The number of esters is 2. The maximum Gasteiger partial charge on any atom is 0.326 e. The number of nitrogens with two attached hydrogens (primary N) is 1. The molecule has 13 nitrogen and oxygen atoms in total. The van der Waals surface area contributed by atoms with Gasteiger partial charge in [-0.1, -0.05) is 0 Å². The highest BCUT2D eigenvalue weighted by Crippen LogP contribution is 2.61. The Bertz CT molecular complexity index is 1630. The third-order valence-electron chi connectivity index (χ3n) is 13.7. The zero-order valence-electron chi connectivity index (χ0n) is 32.3. The average molecular weight is 754 g/mol. The molecule has 0 radical (unpaired) electrons. The number of aromatic nitrogens is 4. The largest absolute Gasteiger partial charge is 0.464 e. The molecule has 0 aromatic carbocycles. The van der Waals surface area contributed by atoms with E-state index in [1.807, 2.05) is 6.92 Å². The highest BCUT2D eigenvalue weighted by molar-refractivity contribution is 7.59. The van der Waals surface area contributed by atoms with E-state index in [2.05, 4.69) is 25.1 Å². The van der Waals surface area contributed by atoms with Crippen molar-refractivity contribution in [3.8, 4) is 0 Å². The van der Waals surface area contributed by atoms with Gasteiger partial charge in [0.05, 0.1) is 32.2 Å². The number of carbonyl (C=O) groups excluding carboxylic acids is 2. The second-order valence-electron chi connectivity index (χ2n) is 19.6. The third-order valence-corrected chi connectivity index (χ3v) is 16.1. The van der Waals surface area contributed by atoms with Crippen LogP contribution in [0.4, 0.5) is 5.82 Å². The van der Waals surface area contributed by atoms with Crippen LogP contribution in [0, 0.1) is 46.3 Å². The highest BCUT2D eigenvalue weighted by atomic mass is 31.2. The second kappa shape index (κ2) is 13.6. The van der Waals surface area contributed by atoms with E-state index in [-0.39, 0.29) is 23.0 Å². The number of imidazole rings is 1. The number of hydrogen-bond acceptors (Lipinski definition) is 10. The smallest absolute Gasteiger partial charge is 0.326 e. The van der Waals surface area contributed by atoms with Gasteiger partial charge in [0.15, 0.2) is 11.5 Å². The van der Waals surface area contributed by atoms with Crippen molar-refractivity contribution in [1.29, 1.82) is 0 Å². The van der Waals surface area contributed by atoms with Crippen LogP contribution in [0.2, 0.25) is 0 Å². The predicted molar refractivity (Wildman–Crippen MR) is 200 cm³/mol. The fourth-order valence-electron chi connectivity index (χ4n) is 12.4. The lowest BCUT2D eigenvalue weighted by molar-refractivity contribution is -0.161. The van der Waals surface area contributed by atoms with Crippen LogP contribution in [0.1, 0.15) is 112 Å². The first-order chi connectivity index (χ1) is 25.0. The minimum atomic E-state index is -3.83. The molecule has 2 aromatic heterocycles. The summed E-state index contributed by atoms with van der Waals surface area (Å²) in [5.74, 6) is 3.80. The van der Waals surface area contributed by atoms with Gasteiger partial charge in [-0.25, -0.2) is 25.1 Å². The predicted octanol–water partition coefficient (Wildman–Crippen LogP) is 6.22. The molecule has 2 aromatic rings. The Morgan fingerprint density at radius 3 is 1.68 bits per heavy atom. The maximum absolute atomic E-state index is 15.1. The Hall–Kier alpha value is -2.60. The zero-order chi connectivity index (χ0) is 37.4. The molecule has 10 rings (SSSR count). The van der Waals surface area contributed by atoms with Gasteiger partial charge in [0.1, 0.15) is 29.3 Å². The molecule has 8 fully saturated rings. The molecule has 0 saturated heterocycles. The van der Waals surface area contributed by atoms with E-state index >= 15 is 4.57 Å². The molecule has 2 heterocycles. The minimum absolute atomic E-state index is 0.0521. The van der Waals surface area contributed by atoms with Gasteiger partial charge in [0.2, 0.25) is 7.44 Å². The second-order valence-corrected chi connectivity index (χ2v) is 21.8. The van der Waals surface area contributed by atoms with Gasteiger partial charge in [-0.15, -0.1) is 0 Å². The SMILES string of the molecule is C[C@H](Cn1cnc2c(N)ncnc21)OCP(=O)(NC(C)(C)C(=O)OCC12CC3CC(CC(C3)C1)C2)NC(C)(C)C(=O)OCC12CC3CC(CC(C3)C1)C2. The van der Waals surface area contributed by atoms with E-state index in [4.69, 9.17) is 19.9 Å². The lowest BCUT2D eigenvalue weighted by Crippen LogP contribution is -2.55. The number of fused-ring (bicyclic) bond motifs is 1. The van der Waals surface area contributed by atoms with Crippen LogP contribution in [0.15, 0.2) is 12.7 Å². The first-order valence-electron chi connectivity index (χ1n) is 20.1. The summed E-state index contributed by atoms with van der Waals surface area (Å²) < 4.78 is 35.3. The Morgan fingerprint density at radius 1 is 0.811 bits per heavy atom. The summed E-state index contributed by atoms with van der Waals surface area (Å²) in [4.78, 5) is 40.4. The van der Waals surface area contributed by atoms with E-state index in [1.165, 1.54) is 44.9 Å². The van der Waals surface area contributed by atoms with Crippen LogP contribution in [-0.2, 0) is 34.9 Å². The summed E-state index contributed by atoms with van der Waals surface area (Å²) in [7, 11) is -3.83. The molecular formula is C39H60N7O6P. The molecule has 8 bridgehead atoms. The first-order valence-corrected chi connectivity index (χ1v) is 22.0. The van der Waals surface area contributed by atoms with Crippen LogP contribution in [0.5, 0.6) is 0 Å². The Kier molecular flexibility index (Phi) is 9.55. The quantitative estimate of drug-likeness (QED) is 0.139. The van der Waals surface area contributed by atoms with Crippen molar-refractivity contribution in [2.45, 2.75) is 135 Å². The molecule has 8 saturated carbocycles. The Labute approximate surface area is 313 Å². The Balaban J connectivity index is 0.948. The molecule has 0 spiro atoms. The molecule has 14 heteroatoms. The molecule has 8 aliphatic rings. The van der Waals surface area contributed by atoms with Crippen LogP contribution in [-0.4, -0.2) is 68.2 Å². The van der Waals surface area contributed by atoms with Crippen molar-refractivity contribution < 1.29 is 28.4 Å². The van der Waals surface area contributed by atoms with Crippen LogP contribution >= 0.6 is 7.44 Å². The molecule has 0 amide bonds. The Morgan fingerprint density at radius 2 is 1.25 bits per heavy atom. The standard InChI is InChI=1S/C39H60N7O6P/c1-24(18-46-22-43-31-32(40)41-21-42-33(31)46)52-23-53(49,44-36(2,3)34(47)50-19-38-12-25-6-26(13-38)8-27(7-25)14-38)45-37(4,5)35(48)51-20-39-15-28-9-29(16-39)11-30(10-28)17-39/h21-22,24-30H,6-20,23H2,1-5H3,(H2,40,41,42)(H2,44,45,49)/t24-,25?,26?,27?,28?,29?,30?,38?,39?,53?/m1/s1. The first kappa shape index (κ1) is 37.3. The number of nitrogen functional groups attached to an aromatic ring is 1. The fourth-order valence-corrected chi connectivity index (χ4v) is 15.1. The summed E-state index contributed by atoms with van der Waals surface area (Å²) in [5, 5.41) is 6.24. The van der Waals surface area contributed by atoms with Crippen LogP contribution in [0.25, 0.3) is 11.2 Å². The molecular weight excluding hydrogens is 693 g/mol. The van der Waals surface area contributed by atoms with Crippen LogP contribution < -0.4 is 15.9 Å². The van der Waals surface area contributed by atoms with Gasteiger partial charge in [-0.05, 0) is 147 Å².